The summed E-state index contributed by atoms with van der Waals surface area (Å²) in [7, 11) is -3.33. The van der Waals surface area contributed by atoms with Gasteiger partial charge in [0.25, 0.3) is 0 Å². The fraction of sp³-hybridized carbons (Fsp3) is 0.538. The van der Waals surface area contributed by atoms with Crippen LogP contribution >= 0.6 is 0 Å². The fourth-order valence-electron chi connectivity index (χ4n) is 2.17. The van der Waals surface area contributed by atoms with Crippen molar-refractivity contribution >= 4 is 10.0 Å². The summed E-state index contributed by atoms with van der Waals surface area (Å²) < 4.78 is 31.5. The highest BCUT2D eigenvalue weighted by Crippen LogP contribution is 2.27. The third kappa shape index (κ3) is 2.74. The van der Waals surface area contributed by atoms with Crippen molar-refractivity contribution in [2.24, 2.45) is 0 Å². The minimum absolute atomic E-state index is 0.0292. The molecule has 5 heteroatoms. The standard InChI is InChI=1S/C13H19NO3S/c1-11-5-4-6-12(7-11)8-18(15,16)14-10-17-9-13(14,2)3/h4-7H,8-10H2,1-3H3. The van der Waals surface area contributed by atoms with Gasteiger partial charge < -0.3 is 4.74 Å². The van der Waals surface area contributed by atoms with Gasteiger partial charge in [-0.15, -0.1) is 0 Å². The predicted octanol–water partition coefficient (Wildman–Crippen LogP) is 1.89. The van der Waals surface area contributed by atoms with Gasteiger partial charge in [0.15, 0.2) is 0 Å². The first-order valence-electron chi connectivity index (χ1n) is 5.95. The number of aryl methyl sites for hydroxylation is 1. The topological polar surface area (TPSA) is 46.6 Å². The molecule has 4 nitrogen and oxygen atoms in total. The Morgan fingerprint density at radius 3 is 2.67 bits per heavy atom. The Balaban J connectivity index is 2.22. The van der Waals surface area contributed by atoms with E-state index in [1.54, 1.807) is 0 Å². The lowest BCUT2D eigenvalue weighted by molar-refractivity contribution is 0.171. The first-order valence-corrected chi connectivity index (χ1v) is 7.56. The number of hydrogen-bond acceptors (Lipinski definition) is 3. The normalized spacial score (nSPS) is 20.2. The van der Waals surface area contributed by atoms with E-state index in [-0.39, 0.29) is 12.5 Å². The van der Waals surface area contributed by atoms with Crippen LogP contribution in [-0.4, -0.2) is 31.6 Å². The Hall–Kier alpha value is -0.910. The molecule has 0 aliphatic carbocycles. The van der Waals surface area contributed by atoms with Gasteiger partial charge in [-0.1, -0.05) is 29.8 Å². The first kappa shape index (κ1) is 13.5. The lowest BCUT2D eigenvalue weighted by atomic mass is 10.1. The second-order valence-electron chi connectivity index (χ2n) is 5.38. The van der Waals surface area contributed by atoms with Crippen molar-refractivity contribution in [1.82, 2.24) is 4.31 Å². The van der Waals surface area contributed by atoms with Crippen molar-refractivity contribution in [2.45, 2.75) is 32.1 Å². The number of benzene rings is 1. The van der Waals surface area contributed by atoms with Gasteiger partial charge in [-0.05, 0) is 26.3 Å². The van der Waals surface area contributed by atoms with Gasteiger partial charge >= 0.3 is 0 Å². The lowest BCUT2D eigenvalue weighted by Gasteiger charge is -2.28. The van der Waals surface area contributed by atoms with E-state index in [4.69, 9.17) is 4.74 Å². The number of nitrogens with zero attached hydrogens (tertiary/aromatic N) is 1. The molecule has 1 heterocycles. The highest BCUT2D eigenvalue weighted by atomic mass is 32.2. The zero-order valence-corrected chi connectivity index (χ0v) is 11.8. The second kappa shape index (κ2) is 4.64. The molecule has 0 N–H and O–H groups in total. The van der Waals surface area contributed by atoms with Crippen LogP contribution in [0.1, 0.15) is 25.0 Å². The molecule has 0 radical (unpaired) electrons. The maximum Gasteiger partial charge on any atom is 0.220 e. The smallest absolute Gasteiger partial charge is 0.220 e. The summed E-state index contributed by atoms with van der Waals surface area (Å²) in [5.74, 6) is 0.0292. The van der Waals surface area contributed by atoms with E-state index in [2.05, 4.69) is 0 Å². The fourth-order valence-corrected chi connectivity index (χ4v) is 3.97. The van der Waals surface area contributed by atoms with Crippen LogP contribution in [0.5, 0.6) is 0 Å². The quantitative estimate of drug-likeness (QED) is 0.842. The summed E-state index contributed by atoms with van der Waals surface area (Å²) in [6.07, 6.45) is 0. The van der Waals surface area contributed by atoms with Crippen LogP contribution in [0.3, 0.4) is 0 Å². The molecule has 100 valence electrons. The minimum Gasteiger partial charge on any atom is -0.363 e. The maximum atomic E-state index is 12.4. The van der Waals surface area contributed by atoms with E-state index in [1.807, 2.05) is 45.0 Å². The lowest BCUT2D eigenvalue weighted by Crippen LogP contribution is -2.44. The van der Waals surface area contributed by atoms with Crippen LogP contribution in [0.2, 0.25) is 0 Å². The van der Waals surface area contributed by atoms with Gasteiger partial charge in [-0.25, -0.2) is 8.42 Å². The number of hydrogen-bond donors (Lipinski definition) is 0. The summed E-state index contributed by atoms with van der Waals surface area (Å²) in [4.78, 5) is 0. The monoisotopic (exact) mass is 269 g/mol. The molecule has 0 spiro atoms. The summed E-state index contributed by atoms with van der Waals surface area (Å²) in [6.45, 7) is 6.32. The average Bonchev–Trinajstić information content (AvgIpc) is 2.58. The van der Waals surface area contributed by atoms with Crippen LogP contribution in [-0.2, 0) is 20.5 Å². The highest BCUT2D eigenvalue weighted by molar-refractivity contribution is 7.88. The van der Waals surface area contributed by atoms with E-state index in [0.29, 0.717) is 6.61 Å². The molecular weight excluding hydrogens is 250 g/mol. The van der Waals surface area contributed by atoms with E-state index in [0.717, 1.165) is 11.1 Å². The van der Waals surface area contributed by atoms with Crippen molar-refractivity contribution in [3.05, 3.63) is 35.4 Å². The Kier molecular flexibility index (Phi) is 3.49. The second-order valence-corrected chi connectivity index (χ2v) is 7.28. The molecule has 1 aliphatic heterocycles. The van der Waals surface area contributed by atoms with Crippen molar-refractivity contribution < 1.29 is 13.2 Å². The van der Waals surface area contributed by atoms with Crippen LogP contribution in [0.4, 0.5) is 0 Å². The van der Waals surface area contributed by atoms with Crippen LogP contribution in [0.15, 0.2) is 24.3 Å². The van der Waals surface area contributed by atoms with Crippen molar-refractivity contribution in [3.8, 4) is 0 Å². The SMILES string of the molecule is Cc1cccc(CS(=O)(=O)N2COCC2(C)C)c1. The maximum absolute atomic E-state index is 12.4. The van der Waals surface area contributed by atoms with Crippen molar-refractivity contribution in [2.75, 3.05) is 13.3 Å². The summed E-state index contributed by atoms with van der Waals surface area (Å²) in [6, 6.07) is 7.58. The van der Waals surface area contributed by atoms with Crippen LogP contribution in [0, 0.1) is 6.92 Å². The Morgan fingerprint density at radius 1 is 1.39 bits per heavy atom. The Labute approximate surface area is 109 Å². The van der Waals surface area contributed by atoms with Crippen molar-refractivity contribution in [3.63, 3.8) is 0 Å². The third-order valence-electron chi connectivity index (χ3n) is 3.11. The Morgan fingerprint density at radius 2 is 2.11 bits per heavy atom. The van der Waals surface area contributed by atoms with Gasteiger partial charge in [0.2, 0.25) is 10.0 Å². The van der Waals surface area contributed by atoms with Crippen LogP contribution in [0.25, 0.3) is 0 Å². The van der Waals surface area contributed by atoms with Gasteiger partial charge in [-0.2, -0.15) is 4.31 Å². The number of ether oxygens (including phenoxy) is 1. The largest absolute Gasteiger partial charge is 0.363 e. The molecule has 0 unspecified atom stereocenters. The molecule has 1 aromatic rings. The molecule has 0 amide bonds. The molecule has 1 aliphatic rings. The van der Waals surface area contributed by atoms with E-state index < -0.39 is 15.6 Å². The zero-order valence-electron chi connectivity index (χ0n) is 11.0. The third-order valence-corrected chi connectivity index (χ3v) is 5.08. The van der Waals surface area contributed by atoms with Crippen LogP contribution < -0.4 is 0 Å². The zero-order chi connectivity index (χ0) is 13.4. The number of rotatable bonds is 3. The molecule has 0 bridgehead atoms. The van der Waals surface area contributed by atoms with E-state index in [9.17, 15) is 8.42 Å². The molecule has 1 saturated heterocycles. The molecule has 0 aromatic heterocycles. The molecule has 1 fully saturated rings. The van der Waals surface area contributed by atoms with Gasteiger partial charge in [0, 0.05) is 0 Å². The molecule has 0 saturated carbocycles. The minimum atomic E-state index is -3.33. The van der Waals surface area contributed by atoms with E-state index >= 15 is 0 Å². The van der Waals surface area contributed by atoms with Gasteiger partial charge in [0.05, 0.1) is 17.9 Å². The average molecular weight is 269 g/mol. The number of sulfonamides is 1. The summed E-state index contributed by atoms with van der Waals surface area (Å²) in [5.41, 5.74) is 1.43. The highest BCUT2D eigenvalue weighted by Gasteiger charge is 2.41. The van der Waals surface area contributed by atoms with E-state index in [1.165, 1.54) is 4.31 Å². The van der Waals surface area contributed by atoms with Crippen molar-refractivity contribution in [1.29, 1.82) is 0 Å². The molecule has 2 rings (SSSR count). The molecule has 1 aromatic carbocycles. The van der Waals surface area contributed by atoms with Gasteiger partial charge in [-0.3, -0.25) is 0 Å². The summed E-state index contributed by atoms with van der Waals surface area (Å²) in [5, 5.41) is 0. The Bertz CT molecular complexity index is 537. The van der Waals surface area contributed by atoms with Gasteiger partial charge in [0.1, 0.15) is 6.73 Å². The molecule has 18 heavy (non-hydrogen) atoms. The first-order chi connectivity index (χ1) is 8.31. The molecular formula is C13H19NO3S. The molecule has 0 atom stereocenters. The predicted molar refractivity (Wildman–Crippen MR) is 70.5 cm³/mol. The summed E-state index contributed by atoms with van der Waals surface area (Å²) >= 11 is 0.